The van der Waals surface area contributed by atoms with Gasteiger partial charge in [-0.3, -0.25) is 4.79 Å². The Hall–Kier alpha value is -2.22. The number of hydrogen-bond donors (Lipinski definition) is 2. The number of nitrogens with zero attached hydrogens (tertiary/aromatic N) is 1. The van der Waals surface area contributed by atoms with E-state index in [1.807, 2.05) is 13.0 Å². The van der Waals surface area contributed by atoms with Crippen LogP contribution in [0.2, 0.25) is 0 Å². The average Bonchev–Trinajstić information content (AvgIpc) is 2.28. The summed E-state index contributed by atoms with van der Waals surface area (Å²) in [6, 6.07) is 6.98. The fraction of sp³-hybridized carbons (Fsp3) is 0.273. The monoisotopic (exact) mass is 219 g/mol. The van der Waals surface area contributed by atoms with Crippen LogP contribution in [-0.2, 0) is 4.79 Å². The van der Waals surface area contributed by atoms with Crippen molar-refractivity contribution >= 4 is 11.6 Å². The molecule has 5 heteroatoms. The van der Waals surface area contributed by atoms with E-state index in [4.69, 9.17) is 15.7 Å². The van der Waals surface area contributed by atoms with E-state index in [0.29, 0.717) is 11.4 Å². The Labute approximate surface area is 93.8 Å². The molecule has 0 saturated carbocycles. The number of nitrogens with two attached hydrogens (primary N) is 1. The molecule has 0 radical (unpaired) electrons. The number of nitriles is 1. The van der Waals surface area contributed by atoms with Crippen molar-refractivity contribution in [2.24, 2.45) is 0 Å². The Balaban J connectivity index is 2.46. The van der Waals surface area contributed by atoms with Crippen LogP contribution in [0.1, 0.15) is 5.56 Å². The molecule has 16 heavy (non-hydrogen) atoms. The number of nitrogen functional groups attached to an aromatic ring is 1. The second-order valence-corrected chi connectivity index (χ2v) is 3.24. The molecule has 0 aliphatic carbocycles. The molecule has 1 aromatic carbocycles. The Kier molecular flexibility index (Phi) is 4.16. The number of benzene rings is 1. The lowest BCUT2D eigenvalue weighted by atomic mass is 10.2. The highest BCUT2D eigenvalue weighted by atomic mass is 16.5. The maximum atomic E-state index is 11.1. The molecule has 0 spiro atoms. The van der Waals surface area contributed by atoms with Crippen molar-refractivity contribution in [2.45, 2.75) is 6.92 Å². The molecule has 1 amide bonds. The number of carbonyl (C=O) groups is 1. The number of hydrogen-bond acceptors (Lipinski definition) is 4. The van der Waals surface area contributed by atoms with Crippen molar-refractivity contribution in [3.63, 3.8) is 0 Å². The third-order valence-corrected chi connectivity index (χ3v) is 1.98. The van der Waals surface area contributed by atoms with E-state index < -0.39 is 0 Å². The van der Waals surface area contributed by atoms with Gasteiger partial charge in [0.1, 0.15) is 12.3 Å². The molecule has 1 aromatic rings. The van der Waals surface area contributed by atoms with Gasteiger partial charge >= 0.3 is 0 Å². The van der Waals surface area contributed by atoms with Gasteiger partial charge in [-0.15, -0.1) is 0 Å². The number of ether oxygens (including phenoxy) is 1. The Morgan fingerprint density at radius 3 is 3.00 bits per heavy atom. The normalized spacial score (nSPS) is 9.25. The molecule has 3 N–H and O–H groups in total. The van der Waals surface area contributed by atoms with E-state index in [2.05, 4.69) is 5.32 Å². The highest BCUT2D eigenvalue weighted by Crippen LogP contribution is 2.18. The summed E-state index contributed by atoms with van der Waals surface area (Å²) >= 11 is 0. The first-order chi connectivity index (χ1) is 7.63. The first kappa shape index (κ1) is 11.9. The van der Waals surface area contributed by atoms with Crippen LogP contribution in [0.3, 0.4) is 0 Å². The zero-order chi connectivity index (χ0) is 12.0. The largest absolute Gasteiger partial charge is 0.484 e. The first-order valence-electron chi connectivity index (χ1n) is 4.76. The molecule has 1 rings (SSSR count). The summed E-state index contributed by atoms with van der Waals surface area (Å²) in [5.74, 6) is 0.259. The summed E-state index contributed by atoms with van der Waals surface area (Å²) in [7, 11) is 0. The zero-order valence-corrected chi connectivity index (χ0v) is 8.99. The predicted molar refractivity (Wildman–Crippen MR) is 59.7 cm³/mol. The molecule has 0 fully saturated rings. The topological polar surface area (TPSA) is 88.1 Å². The van der Waals surface area contributed by atoms with Crippen molar-refractivity contribution in [2.75, 3.05) is 18.9 Å². The van der Waals surface area contributed by atoms with Gasteiger partial charge in [-0.2, -0.15) is 5.26 Å². The fourth-order valence-electron chi connectivity index (χ4n) is 1.08. The third kappa shape index (κ3) is 3.50. The predicted octanol–water partition coefficient (Wildman–Crippen LogP) is 0.596. The van der Waals surface area contributed by atoms with Gasteiger partial charge in [0, 0.05) is 5.69 Å². The van der Waals surface area contributed by atoms with Crippen molar-refractivity contribution in [3.8, 4) is 11.8 Å². The second kappa shape index (κ2) is 5.61. The lowest BCUT2D eigenvalue weighted by Crippen LogP contribution is -2.29. The van der Waals surface area contributed by atoms with E-state index in [1.165, 1.54) is 0 Å². The van der Waals surface area contributed by atoms with Crippen LogP contribution in [0.5, 0.6) is 5.75 Å². The van der Waals surface area contributed by atoms with Gasteiger partial charge in [0.2, 0.25) is 0 Å². The summed E-state index contributed by atoms with van der Waals surface area (Å²) in [5, 5.41) is 10.6. The third-order valence-electron chi connectivity index (χ3n) is 1.98. The quantitative estimate of drug-likeness (QED) is 0.573. The molecule has 5 nitrogen and oxygen atoms in total. The number of nitrogens with one attached hydrogen (secondary N) is 1. The minimum absolute atomic E-state index is 0.0110. The fourth-order valence-corrected chi connectivity index (χ4v) is 1.08. The minimum Gasteiger partial charge on any atom is -0.484 e. The Bertz CT molecular complexity index is 424. The lowest BCUT2D eigenvalue weighted by molar-refractivity contribution is -0.122. The van der Waals surface area contributed by atoms with E-state index in [1.54, 1.807) is 18.2 Å². The van der Waals surface area contributed by atoms with Crippen LogP contribution in [0.25, 0.3) is 0 Å². The van der Waals surface area contributed by atoms with E-state index in [0.717, 1.165) is 5.56 Å². The molecule has 84 valence electrons. The minimum atomic E-state index is -0.323. The SMILES string of the molecule is Cc1cc(OCC(=O)NCC#N)ccc1N. The maximum absolute atomic E-state index is 11.1. The van der Waals surface area contributed by atoms with E-state index in [-0.39, 0.29) is 19.1 Å². The number of rotatable bonds is 4. The van der Waals surface area contributed by atoms with Crippen molar-refractivity contribution < 1.29 is 9.53 Å². The maximum Gasteiger partial charge on any atom is 0.258 e. The van der Waals surface area contributed by atoms with Crippen LogP contribution < -0.4 is 15.8 Å². The molecular formula is C11H13N3O2. The summed E-state index contributed by atoms with van der Waals surface area (Å²) in [6.45, 7) is 1.74. The Morgan fingerprint density at radius 1 is 1.62 bits per heavy atom. The van der Waals surface area contributed by atoms with Gasteiger partial charge < -0.3 is 15.8 Å². The van der Waals surface area contributed by atoms with E-state index in [9.17, 15) is 4.79 Å². The molecule has 0 unspecified atom stereocenters. The standard InChI is InChI=1S/C11H13N3O2/c1-8-6-9(2-3-10(8)13)16-7-11(15)14-5-4-12/h2-3,6H,5,7,13H2,1H3,(H,14,15). The molecule has 0 aliphatic heterocycles. The summed E-state index contributed by atoms with van der Waals surface area (Å²) in [5.41, 5.74) is 7.22. The molecule has 0 saturated heterocycles. The smallest absolute Gasteiger partial charge is 0.258 e. The molecule has 0 heterocycles. The molecule has 0 aliphatic rings. The zero-order valence-electron chi connectivity index (χ0n) is 8.99. The van der Waals surface area contributed by atoms with Crippen molar-refractivity contribution in [1.29, 1.82) is 5.26 Å². The number of carbonyl (C=O) groups excluding carboxylic acids is 1. The van der Waals surface area contributed by atoms with Gasteiger partial charge in [-0.1, -0.05) is 0 Å². The van der Waals surface area contributed by atoms with Crippen LogP contribution in [0.15, 0.2) is 18.2 Å². The second-order valence-electron chi connectivity index (χ2n) is 3.24. The van der Waals surface area contributed by atoms with E-state index >= 15 is 0 Å². The van der Waals surface area contributed by atoms with Crippen molar-refractivity contribution in [3.05, 3.63) is 23.8 Å². The van der Waals surface area contributed by atoms with Gasteiger partial charge in [0.25, 0.3) is 5.91 Å². The van der Waals surface area contributed by atoms with Crippen LogP contribution >= 0.6 is 0 Å². The van der Waals surface area contributed by atoms with Crippen LogP contribution in [0.4, 0.5) is 5.69 Å². The number of aryl methyl sites for hydroxylation is 1. The molecular weight excluding hydrogens is 206 g/mol. The molecule has 0 aromatic heterocycles. The van der Waals surface area contributed by atoms with Crippen LogP contribution in [-0.4, -0.2) is 19.1 Å². The highest BCUT2D eigenvalue weighted by molar-refractivity contribution is 5.77. The van der Waals surface area contributed by atoms with Gasteiger partial charge in [0.05, 0.1) is 6.07 Å². The number of amides is 1. The van der Waals surface area contributed by atoms with Gasteiger partial charge in [-0.25, -0.2) is 0 Å². The summed E-state index contributed by atoms with van der Waals surface area (Å²) < 4.78 is 5.22. The average molecular weight is 219 g/mol. The van der Waals surface area contributed by atoms with Crippen LogP contribution in [0, 0.1) is 18.3 Å². The Morgan fingerprint density at radius 2 is 2.38 bits per heavy atom. The van der Waals surface area contributed by atoms with Crippen molar-refractivity contribution in [1.82, 2.24) is 5.32 Å². The summed E-state index contributed by atoms with van der Waals surface area (Å²) in [4.78, 5) is 11.1. The summed E-state index contributed by atoms with van der Waals surface area (Å²) in [6.07, 6.45) is 0. The van der Waals surface area contributed by atoms with Gasteiger partial charge in [-0.05, 0) is 30.7 Å². The highest BCUT2D eigenvalue weighted by Gasteiger charge is 2.02. The number of anilines is 1. The van der Waals surface area contributed by atoms with Gasteiger partial charge in [0.15, 0.2) is 6.61 Å². The first-order valence-corrected chi connectivity index (χ1v) is 4.76. The molecule has 0 atom stereocenters. The molecule has 0 bridgehead atoms. The lowest BCUT2D eigenvalue weighted by Gasteiger charge is -2.07.